The molecule has 0 unspecified atom stereocenters. The van der Waals surface area contributed by atoms with Crippen molar-refractivity contribution in [3.63, 3.8) is 0 Å². The van der Waals surface area contributed by atoms with Crippen molar-refractivity contribution in [2.75, 3.05) is 66.4 Å². The van der Waals surface area contributed by atoms with E-state index in [-0.39, 0.29) is 41.1 Å². The lowest BCUT2D eigenvalue weighted by molar-refractivity contribution is 0.0942. The first-order valence-corrected chi connectivity index (χ1v) is 23.0. The van der Waals surface area contributed by atoms with E-state index in [4.69, 9.17) is 14.7 Å². The van der Waals surface area contributed by atoms with E-state index in [1.54, 1.807) is 28.8 Å². The van der Waals surface area contributed by atoms with Gasteiger partial charge in [-0.3, -0.25) is 19.1 Å². The third-order valence-corrected chi connectivity index (χ3v) is 12.8. The first-order valence-electron chi connectivity index (χ1n) is 23.0. The summed E-state index contributed by atoms with van der Waals surface area (Å²) in [7, 11) is 1.79. The number of carbonyl (C=O) groups is 2. The number of piperazine rings is 1. The molecule has 3 aliphatic rings. The number of para-hydroxylation sites is 1. The van der Waals surface area contributed by atoms with Crippen molar-refractivity contribution in [3.05, 3.63) is 108 Å². The van der Waals surface area contributed by atoms with Crippen LogP contribution in [0.5, 0.6) is 17.2 Å². The zero-order valence-electron chi connectivity index (χ0n) is 38.2. The Balaban J connectivity index is 0.895. The van der Waals surface area contributed by atoms with Gasteiger partial charge < -0.3 is 40.3 Å². The number of rotatable bonds is 13. The molecule has 6 aromatic rings. The molecule has 16 nitrogen and oxygen atoms in total. The Bertz CT molecular complexity index is 2740. The Labute approximate surface area is 384 Å². The highest BCUT2D eigenvalue weighted by Crippen LogP contribution is 2.44. The number of aromatic nitrogens is 5. The predicted octanol–water partition coefficient (Wildman–Crippen LogP) is 8.14. The molecule has 0 spiro atoms. The van der Waals surface area contributed by atoms with Gasteiger partial charge in [0.15, 0.2) is 11.6 Å². The molecule has 16 heteroatoms. The third kappa shape index (κ3) is 8.55. The van der Waals surface area contributed by atoms with Crippen LogP contribution in [0.1, 0.15) is 91.4 Å². The van der Waals surface area contributed by atoms with Crippen molar-refractivity contribution >= 4 is 46.3 Å². The van der Waals surface area contributed by atoms with Gasteiger partial charge in [0.05, 0.1) is 35.3 Å². The number of ether oxygens (including phenoxy) is 1. The molecule has 2 amide bonds. The number of nitrogens with one attached hydrogen (secondary N) is 2. The van der Waals surface area contributed by atoms with Crippen LogP contribution in [0.25, 0.3) is 17.1 Å². The summed E-state index contributed by atoms with van der Waals surface area (Å²) in [6.45, 7) is 12.7. The Kier molecular flexibility index (Phi) is 12.5. The van der Waals surface area contributed by atoms with Gasteiger partial charge >= 0.3 is 0 Å². The number of benzene rings is 4. The molecule has 1 aliphatic carbocycles. The second kappa shape index (κ2) is 18.7. The molecule has 66 heavy (non-hydrogen) atoms. The topological polar surface area (TPSA) is 177 Å². The summed E-state index contributed by atoms with van der Waals surface area (Å²) in [4.78, 5) is 45.3. The van der Waals surface area contributed by atoms with Crippen LogP contribution in [0.15, 0.2) is 85.1 Å². The molecule has 1 saturated heterocycles. The van der Waals surface area contributed by atoms with Gasteiger partial charge in [0.25, 0.3) is 11.8 Å². The van der Waals surface area contributed by atoms with Crippen LogP contribution in [0.4, 0.5) is 34.5 Å². The summed E-state index contributed by atoms with van der Waals surface area (Å²) in [6, 6.07) is 25.2. The highest BCUT2D eigenvalue weighted by atomic mass is 16.5. The molecule has 0 atom stereocenters. The zero-order valence-corrected chi connectivity index (χ0v) is 38.2. The number of nitrogens with zero attached hydrogens (tertiary/aromatic N) is 9. The normalized spacial score (nSPS) is 15.5. The summed E-state index contributed by atoms with van der Waals surface area (Å²) in [5.41, 5.74) is 6.82. The van der Waals surface area contributed by atoms with E-state index in [9.17, 15) is 19.8 Å². The molecule has 9 rings (SSSR count). The second-order valence-electron chi connectivity index (χ2n) is 17.4. The van der Waals surface area contributed by atoms with Crippen LogP contribution in [0, 0.1) is 0 Å². The summed E-state index contributed by atoms with van der Waals surface area (Å²) in [6.07, 6.45) is 6.07. The fourth-order valence-corrected chi connectivity index (χ4v) is 9.35. The highest BCUT2D eigenvalue weighted by molar-refractivity contribution is 6.13. The quantitative estimate of drug-likeness (QED) is 0.0875. The van der Waals surface area contributed by atoms with Crippen molar-refractivity contribution in [2.45, 2.75) is 71.9 Å². The van der Waals surface area contributed by atoms with Crippen LogP contribution in [-0.2, 0) is 6.54 Å². The standard InChI is InChI=1S/C50H57N11O5/c1-6-51-48(64)47-56-55-45(38-27-37(31(3)4)42(62)28-43(38)63)61(47)34-18-16-32(17-19-34)30-58-22-24-59(25-23-58)35-20-21-39(44(26-35)66-7-2)53-50-52-29-41-46(54-50)60(33-12-8-9-13-33)40-15-11-10-14-36(40)49(65)57(41)5/h10-11,14-21,26-29,31,33,62-63H,6-9,12-13,22-25,30H2,1-5H3,(H,51,64)(H,52,53,54). The number of aromatic hydroxyl groups is 2. The van der Waals surface area contributed by atoms with Gasteiger partial charge in [-0.1, -0.05) is 51.0 Å². The molecule has 4 N–H and O–H groups in total. The number of fused-ring (bicyclic) bond motifs is 2. The maximum Gasteiger partial charge on any atom is 0.289 e. The largest absolute Gasteiger partial charge is 0.508 e. The van der Waals surface area contributed by atoms with E-state index in [1.165, 1.54) is 6.07 Å². The van der Waals surface area contributed by atoms with Gasteiger partial charge in [0.1, 0.15) is 22.9 Å². The Morgan fingerprint density at radius 2 is 1.61 bits per heavy atom. The van der Waals surface area contributed by atoms with Gasteiger partial charge in [0, 0.05) is 75.9 Å². The van der Waals surface area contributed by atoms with Crippen molar-refractivity contribution in [1.29, 1.82) is 0 Å². The summed E-state index contributed by atoms with van der Waals surface area (Å²) >= 11 is 0. The number of anilines is 6. The van der Waals surface area contributed by atoms with Crippen molar-refractivity contribution in [2.24, 2.45) is 0 Å². The fraction of sp³-hybridized carbons (Fsp3) is 0.360. The molecule has 4 aromatic carbocycles. The lowest BCUT2D eigenvalue weighted by Crippen LogP contribution is -2.45. The van der Waals surface area contributed by atoms with Gasteiger partial charge in [-0.15, -0.1) is 10.2 Å². The Morgan fingerprint density at radius 1 is 0.864 bits per heavy atom. The Morgan fingerprint density at radius 3 is 2.33 bits per heavy atom. The zero-order chi connectivity index (χ0) is 46.1. The lowest BCUT2D eigenvalue weighted by atomic mass is 9.98. The molecular formula is C50H57N11O5. The minimum absolute atomic E-state index is 0.00687. The van der Waals surface area contributed by atoms with Gasteiger partial charge in [-0.05, 0) is 86.2 Å². The number of hydrogen-bond donors (Lipinski definition) is 4. The monoisotopic (exact) mass is 891 g/mol. The summed E-state index contributed by atoms with van der Waals surface area (Å²) < 4.78 is 7.85. The van der Waals surface area contributed by atoms with Crippen LogP contribution in [0.3, 0.4) is 0 Å². The van der Waals surface area contributed by atoms with Gasteiger partial charge in [-0.2, -0.15) is 4.98 Å². The van der Waals surface area contributed by atoms with Crippen molar-refractivity contribution in [1.82, 2.24) is 34.9 Å². The van der Waals surface area contributed by atoms with E-state index in [2.05, 4.69) is 47.7 Å². The molecular weight excluding hydrogens is 835 g/mol. The average molecular weight is 892 g/mol. The van der Waals surface area contributed by atoms with Crippen molar-refractivity contribution in [3.8, 4) is 34.3 Å². The smallest absolute Gasteiger partial charge is 0.289 e. The lowest BCUT2D eigenvalue weighted by Gasteiger charge is -2.36. The summed E-state index contributed by atoms with van der Waals surface area (Å²) in [5.74, 6) is 1.58. The maximum absolute atomic E-state index is 13.7. The fourth-order valence-electron chi connectivity index (χ4n) is 9.35. The van der Waals surface area contributed by atoms with Crippen LogP contribution < -0.4 is 30.1 Å². The van der Waals surface area contributed by atoms with E-state index >= 15 is 0 Å². The minimum Gasteiger partial charge on any atom is -0.508 e. The molecule has 1 saturated carbocycles. The number of hydrogen-bond acceptors (Lipinski definition) is 13. The Hall–Kier alpha value is -7.20. The molecule has 2 aliphatic heterocycles. The van der Waals surface area contributed by atoms with Gasteiger partial charge in [-0.25, -0.2) is 4.98 Å². The second-order valence-corrected chi connectivity index (χ2v) is 17.4. The minimum atomic E-state index is -0.385. The highest BCUT2D eigenvalue weighted by Gasteiger charge is 2.36. The maximum atomic E-state index is 13.7. The van der Waals surface area contributed by atoms with Crippen LogP contribution >= 0.6 is 0 Å². The van der Waals surface area contributed by atoms with Crippen LogP contribution in [0.2, 0.25) is 0 Å². The van der Waals surface area contributed by atoms with E-state index in [0.717, 1.165) is 81.0 Å². The first kappa shape index (κ1) is 44.0. The third-order valence-electron chi connectivity index (χ3n) is 12.8. The average Bonchev–Trinajstić information content (AvgIpc) is 4.00. The van der Waals surface area contributed by atoms with E-state index < -0.39 is 0 Å². The number of carbonyl (C=O) groups excluding carboxylic acids is 2. The molecule has 2 aromatic heterocycles. The molecule has 0 radical (unpaired) electrons. The van der Waals surface area contributed by atoms with Gasteiger partial charge in [0.2, 0.25) is 11.8 Å². The SMILES string of the molecule is CCNC(=O)c1nnc(-c2cc(C(C)C)c(O)cc2O)n1-c1ccc(CN2CCN(c3ccc(Nc4ncc5c(n4)N(C4CCCC4)c4ccccc4C(=O)N5C)c(OCC)c3)CC2)cc1. The van der Waals surface area contributed by atoms with E-state index in [1.807, 2.05) is 82.3 Å². The number of amides is 2. The van der Waals surface area contributed by atoms with Crippen LogP contribution in [-0.4, -0.2) is 104 Å². The molecule has 4 heterocycles. The predicted molar refractivity (Wildman–Crippen MR) is 256 cm³/mol. The molecule has 342 valence electrons. The first-order chi connectivity index (χ1) is 32.0. The number of phenolic OH excluding ortho intramolecular Hbond substituents is 2. The molecule has 2 fully saturated rings. The summed E-state index contributed by atoms with van der Waals surface area (Å²) in [5, 5.41) is 36.3. The number of phenols is 2. The molecule has 0 bridgehead atoms. The van der Waals surface area contributed by atoms with E-state index in [0.29, 0.717) is 64.6 Å². The van der Waals surface area contributed by atoms with Crippen molar-refractivity contribution < 1.29 is 24.5 Å².